The average molecular weight is 380 g/mol. The number of nitrogens with one attached hydrogen (secondary N) is 1. The topological polar surface area (TPSA) is 189 Å². The minimum atomic E-state index is -4.41. The van der Waals surface area contributed by atoms with Crippen LogP contribution in [-0.2, 0) is 23.4 Å². The van der Waals surface area contributed by atoms with Crippen LogP contribution in [0.2, 0.25) is 0 Å². The Labute approximate surface area is 142 Å². The molecular formula is C13H21N2O9P. The summed E-state index contributed by atoms with van der Waals surface area (Å²) >= 11 is 0. The summed E-state index contributed by atoms with van der Waals surface area (Å²) in [7, 11) is -4.41. The number of amides is 1. The molecule has 0 aromatic heterocycles. The third-order valence-corrected chi connectivity index (χ3v) is 5.29. The molecule has 0 saturated carbocycles. The first-order chi connectivity index (χ1) is 11.5. The van der Waals surface area contributed by atoms with E-state index in [1.165, 1.54) is 6.08 Å². The van der Waals surface area contributed by atoms with Crippen molar-refractivity contribution in [3.05, 3.63) is 11.6 Å². The Hall–Kier alpha value is -1.33. The van der Waals surface area contributed by atoms with Gasteiger partial charge in [0.2, 0.25) is 5.91 Å². The van der Waals surface area contributed by atoms with Gasteiger partial charge in [0.25, 0.3) is 0 Å². The lowest BCUT2D eigenvalue weighted by molar-refractivity contribution is -0.134. The minimum absolute atomic E-state index is 0.491. The highest BCUT2D eigenvalue weighted by atomic mass is 31.2. The van der Waals surface area contributed by atoms with Crippen molar-refractivity contribution in [1.82, 2.24) is 5.32 Å². The van der Waals surface area contributed by atoms with Crippen molar-refractivity contribution in [1.29, 1.82) is 0 Å². The number of aliphatic hydroxyl groups excluding tert-OH is 2. The molecule has 0 aliphatic carbocycles. The molecule has 12 heteroatoms. The summed E-state index contributed by atoms with van der Waals surface area (Å²) in [6, 6.07) is 0. The van der Waals surface area contributed by atoms with Crippen LogP contribution in [0.15, 0.2) is 11.6 Å². The number of aliphatic carboxylic acids is 1. The third-order valence-electron chi connectivity index (χ3n) is 4.06. The lowest BCUT2D eigenvalue weighted by Crippen LogP contribution is -2.52. The molecule has 0 bridgehead atoms. The number of carboxylic acids is 1. The van der Waals surface area contributed by atoms with Crippen LogP contribution in [0, 0.1) is 5.92 Å². The highest BCUT2D eigenvalue weighted by Crippen LogP contribution is 2.42. The minimum Gasteiger partial charge on any atom is -0.481 e. The van der Waals surface area contributed by atoms with Crippen LogP contribution in [0.4, 0.5) is 0 Å². The fraction of sp³-hybridized carbons (Fsp3) is 0.692. The van der Waals surface area contributed by atoms with Gasteiger partial charge in [0.1, 0.15) is 30.6 Å². The molecule has 1 fully saturated rings. The fourth-order valence-electron chi connectivity index (χ4n) is 2.69. The predicted molar refractivity (Wildman–Crippen MR) is 82.3 cm³/mol. The van der Waals surface area contributed by atoms with Gasteiger partial charge in [0.15, 0.2) is 0 Å². The Bertz CT molecular complexity index is 625. The van der Waals surface area contributed by atoms with E-state index in [1.807, 2.05) is 0 Å². The number of nitrogens with two attached hydrogens (primary N) is 1. The van der Waals surface area contributed by atoms with Gasteiger partial charge in [-0.25, -0.2) is 0 Å². The first-order valence-electron chi connectivity index (χ1n) is 7.46. The molecule has 2 aliphatic rings. The van der Waals surface area contributed by atoms with Crippen molar-refractivity contribution in [2.24, 2.45) is 11.7 Å². The van der Waals surface area contributed by atoms with Gasteiger partial charge in [-0.1, -0.05) is 6.08 Å². The van der Waals surface area contributed by atoms with Crippen LogP contribution in [0.25, 0.3) is 0 Å². The maximum Gasteiger partial charge on any atom is 0.339 e. The molecule has 1 amide bonds. The zero-order chi connectivity index (χ0) is 18.9. The van der Waals surface area contributed by atoms with Gasteiger partial charge in [0.05, 0.1) is 18.7 Å². The number of ether oxygens (including phenoxy) is 1. The number of carbonyl (C=O) groups excluding carboxylic acids is 1. The third kappa shape index (κ3) is 4.64. The van der Waals surface area contributed by atoms with E-state index in [9.17, 15) is 29.3 Å². The SMILES string of the molecule is CC1=CC(C2OC(COP(=O)(O)CC(=O)O)C(O)C2O)C(=O)NC1N. The number of carboxylic acid groups (broad SMARTS) is 1. The molecule has 2 heterocycles. The van der Waals surface area contributed by atoms with E-state index in [2.05, 4.69) is 9.84 Å². The number of rotatable bonds is 6. The van der Waals surface area contributed by atoms with Gasteiger partial charge in [-0.3, -0.25) is 14.2 Å². The lowest BCUT2D eigenvalue weighted by Gasteiger charge is -2.29. The molecule has 0 aromatic carbocycles. The molecule has 142 valence electrons. The average Bonchev–Trinajstić information content (AvgIpc) is 2.76. The molecule has 2 aliphatic heterocycles. The van der Waals surface area contributed by atoms with Crippen LogP contribution < -0.4 is 11.1 Å². The van der Waals surface area contributed by atoms with Crippen LogP contribution >= 0.6 is 7.60 Å². The van der Waals surface area contributed by atoms with Crippen molar-refractivity contribution >= 4 is 19.5 Å². The van der Waals surface area contributed by atoms with E-state index in [-0.39, 0.29) is 0 Å². The first kappa shape index (κ1) is 20.0. The second kappa shape index (κ2) is 7.50. The second-order valence-corrected chi connectivity index (χ2v) is 7.88. The normalized spacial score (nSPS) is 38.0. The number of hydrogen-bond donors (Lipinski definition) is 6. The van der Waals surface area contributed by atoms with Crippen LogP contribution in [0.3, 0.4) is 0 Å². The van der Waals surface area contributed by atoms with E-state index in [4.69, 9.17) is 15.6 Å². The highest BCUT2D eigenvalue weighted by molar-refractivity contribution is 7.53. The van der Waals surface area contributed by atoms with E-state index in [1.54, 1.807) is 6.92 Å². The van der Waals surface area contributed by atoms with Gasteiger partial charge < -0.3 is 40.5 Å². The Morgan fingerprint density at radius 2 is 2.08 bits per heavy atom. The monoisotopic (exact) mass is 380 g/mol. The van der Waals surface area contributed by atoms with E-state index in [0.717, 1.165) is 0 Å². The summed E-state index contributed by atoms with van der Waals surface area (Å²) in [4.78, 5) is 31.9. The Morgan fingerprint density at radius 1 is 1.44 bits per heavy atom. The number of aliphatic hydroxyl groups is 2. The first-order valence-corrected chi connectivity index (χ1v) is 9.22. The lowest BCUT2D eigenvalue weighted by atomic mass is 9.90. The molecule has 7 N–H and O–H groups in total. The predicted octanol–water partition coefficient (Wildman–Crippen LogP) is -2.26. The molecule has 25 heavy (non-hydrogen) atoms. The molecule has 7 atom stereocenters. The zero-order valence-electron chi connectivity index (χ0n) is 13.3. The Morgan fingerprint density at radius 3 is 2.68 bits per heavy atom. The largest absolute Gasteiger partial charge is 0.481 e. The fourth-order valence-corrected chi connectivity index (χ4v) is 3.50. The van der Waals surface area contributed by atoms with E-state index in [0.29, 0.717) is 5.57 Å². The molecule has 11 nitrogen and oxygen atoms in total. The Kier molecular flexibility index (Phi) is 6.00. The summed E-state index contributed by atoms with van der Waals surface area (Å²) in [6.45, 7) is 1.07. The summed E-state index contributed by atoms with van der Waals surface area (Å²) < 4.78 is 21.6. The van der Waals surface area contributed by atoms with Gasteiger partial charge in [-0.15, -0.1) is 0 Å². The summed E-state index contributed by atoms with van der Waals surface area (Å²) in [5, 5.41) is 31.2. The highest BCUT2D eigenvalue weighted by Gasteiger charge is 2.49. The number of carbonyl (C=O) groups is 2. The zero-order valence-corrected chi connectivity index (χ0v) is 14.2. The molecule has 7 unspecified atom stereocenters. The van der Waals surface area contributed by atoms with Crippen LogP contribution in [0.5, 0.6) is 0 Å². The van der Waals surface area contributed by atoms with E-state index < -0.39 is 68.7 Å². The molecule has 1 saturated heterocycles. The van der Waals surface area contributed by atoms with Gasteiger partial charge in [-0.05, 0) is 12.5 Å². The standard InChI is InChI=1S/C13H21N2O9P/c1-5-2-6(13(20)15-12(5)14)11-10(19)9(18)7(24-11)3-23-25(21,22)4-8(16)17/h2,6-7,9-12,18-19H,3-4,14H2,1H3,(H,15,20)(H,16,17)(H,21,22). The maximum absolute atomic E-state index is 12.0. The van der Waals surface area contributed by atoms with Crippen molar-refractivity contribution in [3.63, 3.8) is 0 Å². The summed E-state index contributed by atoms with van der Waals surface area (Å²) in [5.74, 6) is -2.92. The molecule has 0 aromatic rings. The maximum atomic E-state index is 12.0. The molecule has 2 rings (SSSR count). The quantitative estimate of drug-likeness (QED) is 0.217. The smallest absolute Gasteiger partial charge is 0.339 e. The summed E-state index contributed by atoms with van der Waals surface area (Å²) in [5.41, 5.74) is 6.32. The van der Waals surface area contributed by atoms with Crippen molar-refractivity contribution in [3.8, 4) is 0 Å². The van der Waals surface area contributed by atoms with Crippen LogP contribution in [0.1, 0.15) is 6.92 Å². The van der Waals surface area contributed by atoms with E-state index >= 15 is 0 Å². The van der Waals surface area contributed by atoms with Crippen molar-refractivity contribution in [2.45, 2.75) is 37.5 Å². The van der Waals surface area contributed by atoms with Crippen LogP contribution in [-0.4, -0.2) is 75.4 Å². The Balaban J connectivity index is 2.04. The molecule has 0 spiro atoms. The second-order valence-electron chi connectivity index (χ2n) is 6.03. The molecular weight excluding hydrogens is 359 g/mol. The van der Waals surface area contributed by atoms with Crippen molar-refractivity contribution < 1.29 is 43.6 Å². The van der Waals surface area contributed by atoms with Gasteiger partial charge in [0, 0.05) is 0 Å². The number of hydrogen-bond acceptors (Lipinski definition) is 8. The molecule has 0 radical (unpaired) electrons. The van der Waals surface area contributed by atoms with Gasteiger partial charge in [-0.2, -0.15) is 0 Å². The van der Waals surface area contributed by atoms with Crippen molar-refractivity contribution in [2.75, 3.05) is 12.8 Å². The summed E-state index contributed by atoms with van der Waals surface area (Å²) in [6.07, 6.45) is -5.47. The van der Waals surface area contributed by atoms with Gasteiger partial charge >= 0.3 is 13.6 Å².